The van der Waals surface area contributed by atoms with Crippen LogP contribution in [0.1, 0.15) is 19.8 Å². The maximum absolute atomic E-state index is 5.21. The van der Waals surface area contributed by atoms with Gasteiger partial charge in [-0.2, -0.15) is 0 Å². The van der Waals surface area contributed by atoms with Crippen molar-refractivity contribution in [3.05, 3.63) is 11.8 Å². The Bertz CT molecular complexity index is 229. The van der Waals surface area contributed by atoms with Gasteiger partial charge >= 0.3 is 0 Å². The Labute approximate surface area is 84.8 Å². The second kappa shape index (κ2) is 5.49. The van der Waals surface area contributed by atoms with E-state index in [1.54, 1.807) is 0 Å². The van der Waals surface area contributed by atoms with E-state index in [4.69, 9.17) is 11.5 Å². The molecule has 0 fully saturated rings. The standard InChI is InChI=1S/C9H19N5/c1-2-5-14-6-3-8(4-7-14)12-13-9(10)11/h3,12H,2,4-7H2,1H3,(H4,10,11,13). The fraction of sp³-hybridized carbons (Fsp3) is 0.667. The summed E-state index contributed by atoms with van der Waals surface area (Å²) in [5.41, 5.74) is 14.4. The van der Waals surface area contributed by atoms with Gasteiger partial charge in [0.2, 0.25) is 5.96 Å². The molecule has 1 aliphatic heterocycles. The number of nitrogens with zero attached hydrogens (tertiary/aromatic N) is 2. The lowest BCUT2D eigenvalue weighted by molar-refractivity contribution is 0.291. The molecule has 5 nitrogen and oxygen atoms in total. The lowest BCUT2D eigenvalue weighted by Gasteiger charge is -2.25. The summed E-state index contributed by atoms with van der Waals surface area (Å²) >= 11 is 0. The molecule has 0 saturated heterocycles. The number of rotatable bonds is 4. The van der Waals surface area contributed by atoms with Gasteiger partial charge in [0.15, 0.2) is 0 Å². The van der Waals surface area contributed by atoms with Crippen molar-refractivity contribution in [1.29, 1.82) is 0 Å². The van der Waals surface area contributed by atoms with Gasteiger partial charge in [-0.3, -0.25) is 10.3 Å². The van der Waals surface area contributed by atoms with E-state index in [0.29, 0.717) is 0 Å². The zero-order chi connectivity index (χ0) is 10.4. The number of hydrogen-bond acceptors (Lipinski definition) is 3. The minimum atomic E-state index is 0.0712. The van der Waals surface area contributed by atoms with Crippen LogP contribution in [0.5, 0.6) is 0 Å². The Hall–Kier alpha value is -1.23. The van der Waals surface area contributed by atoms with Crippen molar-refractivity contribution in [3.8, 4) is 0 Å². The van der Waals surface area contributed by atoms with Crippen molar-refractivity contribution in [2.45, 2.75) is 19.8 Å². The zero-order valence-corrected chi connectivity index (χ0v) is 8.66. The van der Waals surface area contributed by atoms with Crippen LogP contribution in [0, 0.1) is 0 Å². The van der Waals surface area contributed by atoms with E-state index in [0.717, 1.165) is 31.8 Å². The molecule has 0 aromatic carbocycles. The van der Waals surface area contributed by atoms with Crippen LogP contribution in [0.15, 0.2) is 16.9 Å². The van der Waals surface area contributed by atoms with Crippen LogP contribution in [0.3, 0.4) is 0 Å². The summed E-state index contributed by atoms with van der Waals surface area (Å²) < 4.78 is 0. The van der Waals surface area contributed by atoms with Gasteiger partial charge < -0.3 is 11.5 Å². The van der Waals surface area contributed by atoms with Gasteiger partial charge in [0, 0.05) is 25.2 Å². The van der Waals surface area contributed by atoms with Crippen LogP contribution in [0.2, 0.25) is 0 Å². The van der Waals surface area contributed by atoms with Crippen molar-refractivity contribution in [1.82, 2.24) is 10.3 Å². The Morgan fingerprint density at radius 3 is 2.93 bits per heavy atom. The van der Waals surface area contributed by atoms with Crippen molar-refractivity contribution in [2.24, 2.45) is 16.6 Å². The van der Waals surface area contributed by atoms with Gasteiger partial charge in [0.1, 0.15) is 0 Å². The first-order valence-corrected chi connectivity index (χ1v) is 4.98. The molecule has 1 aliphatic rings. The van der Waals surface area contributed by atoms with E-state index in [2.05, 4.69) is 28.4 Å². The van der Waals surface area contributed by atoms with E-state index in [9.17, 15) is 0 Å². The molecule has 1 rings (SSSR count). The van der Waals surface area contributed by atoms with Gasteiger partial charge in [-0.25, -0.2) is 0 Å². The normalized spacial score (nSPS) is 17.4. The SMILES string of the molecule is CCCN1CC=C(NN=C(N)N)CC1. The molecule has 0 unspecified atom stereocenters. The third-order valence-electron chi connectivity index (χ3n) is 2.16. The number of nitrogens with two attached hydrogens (primary N) is 2. The van der Waals surface area contributed by atoms with Crippen LogP contribution < -0.4 is 16.9 Å². The van der Waals surface area contributed by atoms with Crippen LogP contribution in [0.4, 0.5) is 0 Å². The molecule has 0 radical (unpaired) electrons. The molecule has 0 aromatic heterocycles. The quantitative estimate of drug-likeness (QED) is 0.330. The highest BCUT2D eigenvalue weighted by atomic mass is 15.3. The maximum Gasteiger partial charge on any atom is 0.208 e. The minimum absolute atomic E-state index is 0.0712. The Morgan fingerprint density at radius 1 is 1.64 bits per heavy atom. The molecule has 0 atom stereocenters. The van der Waals surface area contributed by atoms with Crippen LogP contribution in [0.25, 0.3) is 0 Å². The summed E-state index contributed by atoms with van der Waals surface area (Å²) in [5, 5.41) is 3.75. The molecular formula is C9H19N5. The van der Waals surface area contributed by atoms with Gasteiger partial charge in [-0.05, 0) is 19.0 Å². The third kappa shape index (κ3) is 3.66. The summed E-state index contributed by atoms with van der Waals surface area (Å²) in [4.78, 5) is 2.40. The third-order valence-corrected chi connectivity index (χ3v) is 2.16. The number of guanidine groups is 1. The van der Waals surface area contributed by atoms with E-state index in [-0.39, 0.29) is 5.96 Å². The fourth-order valence-corrected chi connectivity index (χ4v) is 1.47. The van der Waals surface area contributed by atoms with Crippen LogP contribution in [-0.4, -0.2) is 30.5 Å². The van der Waals surface area contributed by atoms with E-state index >= 15 is 0 Å². The summed E-state index contributed by atoms with van der Waals surface area (Å²) in [6.07, 6.45) is 4.31. The lowest BCUT2D eigenvalue weighted by Crippen LogP contribution is -2.32. The number of hydrogen-bond donors (Lipinski definition) is 3. The summed E-state index contributed by atoms with van der Waals surface area (Å²) in [5.74, 6) is 0.0712. The summed E-state index contributed by atoms with van der Waals surface area (Å²) in [7, 11) is 0. The van der Waals surface area contributed by atoms with Crippen molar-refractivity contribution in [3.63, 3.8) is 0 Å². The van der Waals surface area contributed by atoms with Crippen molar-refractivity contribution >= 4 is 5.96 Å². The van der Waals surface area contributed by atoms with Crippen molar-refractivity contribution < 1.29 is 0 Å². The molecule has 5 N–H and O–H groups in total. The molecule has 0 spiro atoms. The van der Waals surface area contributed by atoms with Crippen molar-refractivity contribution in [2.75, 3.05) is 19.6 Å². The first kappa shape index (κ1) is 10.8. The van der Waals surface area contributed by atoms with Crippen LogP contribution >= 0.6 is 0 Å². The van der Waals surface area contributed by atoms with E-state index in [1.165, 1.54) is 6.42 Å². The topological polar surface area (TPSA) is 79.7 Å². The summed E-state index contributed by atoms with van der Waals surface area (Å²) in [6, 6.07) is 0. The number of nitrogens with one attached hydrogen (secondary N) is 1. The molecule has 0 aliphatic carbocycles. The smallest absolute Gasteiger partial charge is 0.208 e. The molecule has 0 saturated carbocycles. The molecule has 1 heterocycles. The largest absolute Gasteiger partial charge is 0.369 e. The second-order valence-electron chi connectivity index (χ2n) is 3.43. The van der Waals surface area contributed by atoms with Crippen LogP contribution in [-0.2, 0) is 0 Å². The zero-order valence-electron chi connectivity index (χ0n) is 8.66. The average Bonchev–Trinajstić information content (AvgIpc) is 2.17. The molecule has 0 aromatic rings. The molecule has 0 bridgehead atoms. The Kier molecular flexibility index (Phi) is 4.25. The van der Waals surface area contributed by atoms with Gasteiger partial charge in [0.05, 0.1) is 0 Å². The highest BCUT2D eigenvalue weighted by Crippen LogP contribution is 2.07. The predicted molar refractivity (Wildman–Crippen MR) is 58.4 cm³/mol. The molecule has 80 valence electrons. The summed E-state index contributed by atoms with van der Waals surface area (Å²) in [6.45, 7) is 5.41. The first-order valence-electron chi connectivity index (χ1n) is 4.98. The monoisotopic (exact) mass is 197 g/mol. The fourth-order valence-electron chi connectivity index (χ4n) is 1.47. The molecular weight excluding hydrogens is 178 g/mol. The minimum Gasteiger partial charge on any atom is -0.369 e. The highest BCUT2D eigenvalue weighted by molar-refractivity contribution is 5.75. The average molecular weight is 197 g/mol. The van der Waals surface area contributed by atoms with E-state index < -0.39 is 0 Å². The Balaban J connectivity index is 2.33. The van der Waals surface area contributed by atoms with Gasteiger partial charge in [-0.15, -0.1) is 5.10 Å². The molecule has 5 heteroatoms. The first-order chi connectivity index (χ1) is 6.72. The highest BCUT2D eigenvalue weighted by Gasteiger charge is 2.09. The maximum atomic E-state index is 5.21. The molecule has 14 heavy (non-hydrogen) atoms. The lowest BCUT2D eigenvalue weighted by atomic mass is 10.2. The number of hydrazone groups is 1. The molecule has 0 amide bonds. The predicted octanol–water partition coefficient (Wildman–Crippen LogP) is -0.236. The Morgan fingerprint density at radius 2 is 2.43 bits per heavy atom. The van der Waals surface area contributed by atoms with Gasteiger partial charge in [0.25, 0.3) is 0 Å². The van der Waals surface area contributed by atoms with E-state index in [1.807, 2.05) is 0 Å². The second-order valence-corrected chi connectivity index (χ2v) is 3.43. The van der Waals surface area contributed by atoms with Gasteiger partial charge in [-0.1, -0.05) is 6.92 Å².